The minimum atomic E-state index is -4.30. The Morgan fingerprint density at radius 3 is 2.41 bits per heavy atom. The monoisotopic (exact) mass is 542 g/mol. The summed E-state index contributed by atoms with van der Waals surface area (Å²) in [4.78, 5) is 10.2. The third-order valence-electron chi connectivity index (χ3n) is 3.68. The van der Waals surface area contributed by atoms with Crippen molar-refractivity contribution >= 4 is 41.3 Å². The molecule has 0 aliphatic rings. The van der Waals surface area contributed by atoms with Crippen molar-refractivity contribution in [2.45, 2.75) is 46.1 Å². The first-order valence-corrected chi connectivity index (χ1v) is 9.89. The molecular weight excluding hydrogens is 516 g/mol. The molecule has 5 nitrogen and oxygen atoms in total. The maximum absolute atomic E-state index is 12.1. The Bertz CT molecular complexity index is 751. The van der Waals surface area contributed by atoms with Crippen LogP contribution in [0.4, 0.5) is 13.2 Å². The molecule has 0 saturated heterocycles. The highest BCUT2D eigenvalue weighted by molar-refractivity contribution is 14.0. The van der Waals surface area contributed by atoms with E-state index in [9.17, 15) is 13.2 Å². The summed E-state index contributed by atoms with van der Waals surface area (Å²) >= 11 is 1.68. The van der Waals surface area contributed by atoms with Crippen molar-refractivity contribution in [1.82, 2.24) is 15.6 Å². The van der Waals surface area contributed by atoms with E-state index in [1.807, 2.05) is 25.3 Å². The number of nitrogens with one attached hydrogen (secondary N) is 2. The van der Waals surface area contributed by atoms with Gasteiger partial charge in [0.1, 0.15) is 11.6 Å². The van der Waals surface area contributed by atoms with Crippen LogP contribution in [0.5, 0.6) is 0 Å². The molecule has 29 heavy (non-hydrogen) atoms. The molecule has 0 fully saturated rings. The van der Waals surface area contributed by atoms with E-state index in [0.29, 0.717) is 24.6 Å². The van der Waals surface area contributed by atoms with Crippen LogP contribution in [0, 0.1) is 0 Å². The van der Waals surface area contributed by atoms with Crippen LogP contribution in [-0.4, -0.2) is 30.3 Å². The van der Waals surface area contributed by atoms with E-state index in [1.54, 1.807) is 23.5 Å². The highest BCUT2D eigenvalue weighted by Crippen LogP contribution is 2.16. The van der Waals surface area contributed by atoms with E-state index in [1.165, 1.54) is 4.88 Å². The van der Waals surface area contributed by atoms with Gasteiger partial charge in [0.2, 0.25) is 0 Å². The number of halogens is 4. The molecule has 0 aliphatic heterocycles. The zero-order valence-corrected chi connectivity index (χ0v) is 19.5. The van der Waals surface area contributed by atoms with Crippen molar-refractivity contribution in [3.8, 4) is 0 Å². The number of aryl methyl sites for hydroxylation is 1. The predicted octanol–water partition coefficient (Wildman–Crippen LogP) is 4.66. The molecule has 0 amide bonds. The number of aliphatic imine (C=N–C) groups is 1. The first-order valence-electron chi connectivity index (χ1n) is 9.07. The number of rotatable bonds is 9. The number of alkyl halides is 3. The number of hydrogen-bond acceptors (Lipinski definition) is 4. The molecule has 0 bridgehead atoms. The van der Waals surface area contributed by atoms with E-state index in [-0.39, 0.29) is 30.6 Å². The normalized spacial score (nSPS) is 11.8. The lowest BCUT2D eigenvalue weighted by Crippen LogP contribution is -2.36. The fraction of sp³-hybridized carbons (Fsp3) is 0.474. The molecule has 0 radical (unpaired) electrons. The summed E-state index contributed by atoms with van der Waals surface area (Å²) in [5.41, 5.74) is 1.65. The molecule has 2 N–H and O–H groups in total. The van der Waals surface area contributed by atoms with E-state index in [4.69, 9.17) is 0 Å². The standard InChI is InChI=1S/C19H25F3N4OS.HI/c1-3-16-10-24-17(28-16)11-26-18(23-4-2)25-9-14-5-7-15(8-6-14)12-27-13-19(20,21)22;/h5-8,10H,3-4,9,11-13H2,1-2H3,(H2,23,25,26);1H. The van der Waals surface area contributed by atoms with Gasteiger partial charge in [-0.2, -0.15) is 13.2 Å². The van der Waals surface area contributed by atoms with Crippen LogP contribution in [0.2, 0.25) is 0 Å². The number of thiazole rings is 1. The van der Waals surface area contributed by atoms with Crippen LogP contribution in [0.15, 0.2) is 35.5 Å². The van der Waals surface area contributed by atoms with Crippen LogP contribution in [0.3, 0.4) is 0 Å². The zero-order valence-electron chi connectivity index (χ0n) is 16.4. The second-order valence-electron chi connectivity index (χ2n) is 6.05. The molecule has 1 heterocycles. The number of nitrogens with zero attached hydrogens (tertiary/aromatic N) is 2. The van der Waals surface area contributed by atoms with E-state index < -0.39 is 12.8 Å². The smallest absolute Gasteiger partial charge is 0.367 e. The van der Waals surface area contributed by atoms with Gasteiger partial charge in [-0.25, -0.2) is 9.98 Å². The molecular formula is C19H26F3IN4OS. The summed E-state index contributed by atoms with van der Waals surface area (Å²) < 4.78 is 41.0. The van der Waals surface area contributed by atoms with Gasteiger partial charge >= 0.3 is 6.18 Å². The van der Waals surface area contributed by atoms with Gasteiger partial charge in [0, 0.05) is 17.6 Å². The maximum atomic E-state index is 12.1. The van der Waals surface area contributed by atoms with Crippen LogP contribution in [0.25, 0.3) is 0 Å². The van der Waals surface area contributed by atoms with Gasteiger partial charge < -0.3 is 15.4 Å². The lowest BCUT2D eigenvalue weighted by Gasteiger charge is -2.10. The molecule has 1 aromatic heterocycles. The van der Waals surface area contributed by atoms with Gasteiger partial charge in [-0.05, 0) is 24.5 Å². The first-order chi connectivity index (χ1) is 13.4. The first kappa shape index (κ1) is 25.6. The molecule has 2 aromatic rings. The molecule has 0 atom stereocenters. The van der Waals surface area contributed by atoms with Crippen molar-refractivity contribution < 1.29 is 17.9 Å². The molecule has 0 unspecified atom stereocenters. The zero-order chi connectivity index (χ0) is 20.4. The van der Waals surface area contributed by atoms with Crippen LogP contribution >= 0.6 is 35.3 Å². The number of ether oxygens (including phenoxy) is 1. The van der Waals surface area contributed by atoms with Crippen molar-refractivity contribution in [3.63, 3.8) is 0 Å². The fourth-order valence-electron chi connectivity index (χ4n) is 2.29. The summed E-state index contributed by atoms with van der Waals surface area (Å²) in [6.07, 6.45) is -1.43. The number of aromatic nitrogens is 1. The quantitative estimate of drug-likeness (QED) is 0.275. The van der Waals surface area contributed by atoms with Crippen molar-refractivity contribution in [2.24, 2.45) is 4.99 Å². The third kappa shape index (κ3) is 10.3. The summed E-state index contributed by atoms with van der Waals surface area (Å²) in [6.45, 7) is 4.58. The molecule has 162 valence electrons. The number of guanidine groups is 1. The lowest BCUT2D eigenvalue weighted by atomic mass is 10.1. The van der Waals surface area contributed by atoms with Crippen molar-refractivity contribution in [2.75, 3.05) is 13.2 Å². The van der Waals surface area contributed by atoms with E-state index >= 15 is 0 Å². The van der Waals surface area contributed by atoms with Gasteiger partial charge in [-0.15, -0.1) is 35.3 Å². The van der Waals surface area contributed by atoms with Crippen LogP contribution in [-0.2, 0) is 30.9 Å². The van der Waals surface area contributed by atoms with E-state index in [2.05, 4.69) is 32.3 Å². The average Bonchev–Trinajstić information content (AvgIpc) is 3.12. The Morgan fingerprint density at radius 2 is 1.83 bits per heavy atom. The van der Waals surface area contributed by atoms with Gasteiger partial charge in [0.25, 0.3) is 0 Å². The summed E-state index contributed by atoms with van der Waals surface area (Å²) in [7, 11) is 0. The Labute approximate surface area is 190 Å². The fourth-order valence-corrected chi connectivity index (χ4v) is 3.09. The summed E-state index contributed by atoms with van der Waals surface area (Å²) in [6, 6.07) is 7.19. The topological polar surface area (TPSA) is 58.5 Å². The van der Waals surface area contributed by atoms with Gasteiger partial charge in [-0.3, -0.25) is 0 Å². The third-order valence-corrected chi connectivity index (χ3v) is 4.82. The Balaban J connectivity index is 0.00000420. The maximum Gasteiger partial charge on any atom is 0.411 e. The molecule has 0 aliphatic carbocycles. The SMILES string of the molecule is CCNC(=NCc1ccc(COCC(F)(F)F)cc1)NCc1ncc(CC)s1.I. The van der Waals surface area contributed by atoms with Crippen molar-refractivity contribution in [1.29, 1.82) is 0 Å². The minimum Gasteiger partial charge on any atom is -0.367 e. The van der Waals surface area contributed by atoms with Gasteiger partial charge in [0.05, 0.1) is 19.7 Å². The Hall–Kier alpha value is -1.40. The molecule has 1 aromatic carbocycles. The second kappa shape index (κ2) is 13.0. The van der Waals surface area contributed by atoms with Crippen molar-refractivity contribution in [3.05, 3.63) is 51.5 Å². The molecule has 0 spiro atoms. The number of benzene rings is 1. The Kier molecular flexibility index (Phi) is 11.5. The summed E-state index contributed by atoms with van der Waals surface area (Å²) in [5, 5.41) is 7.45. The van der Waals surface area contributed by atoms with Crippen LogP contribution in [0.1, 0.15) is 34.9 Å². The number of hydrogen-bond donors (Lipinski definition) is 2. The average molecular weight is 542 g/mol. The molecule has 10 heteroatoms. The highest BCUT2D eigenvalue weighted by atomic mass is 127. The highest BCUT2D eigenvalue weighted by Gasteiger charge is 2.27. The van der Waals surface area contributed by atoms with Crippen LogP contribution < -0.4 is 10.6 Å². The van der Waals surface area contributed by atoms with Gasteiger partial charge in [-0.1, -0.05) is 31.2 Å². The minimum absolute atomic E-state index is 0. The van der Waals surface area contributed by atoms with Gasteiger partial charge in [0.15, 0.2) is 5.96 Å². The largest absolute Gasteiger partial charge is 0.411 e. The molecule has 0 saturated carbocycles. The molecule has 2 rings (SSSR count). The lowest BCUT2D eigenvalue weighted by molar-refractivity contribution is -0.176. The Morgan fingerprint density at radius 1 is 1.14 bits per heavy atom. The summed E-state index contributed by atoms with van der Waals surface area (Å²) in [5.74, 6) is 0.688. The van der Waals surface area contributed by atoms with E-state index in [0.717, 1.165) is 23.5 Å². The predicted molar refractivity (Wildman–Crippen MR) is 121 cm³/mol. The second-order valence-corrected chi connectivity index (χ2v) is 7.25.